The quantitative estimate of drug-likeness (QED) is 0.877. The van der Waals surface area contributed by atoms with Crippen LogP contribution in [0.15, 0.2) is 28.7 Å². The second-order valence-electron chi connectivity index (χ2n) is 4.13. The van der Waals surface area contributed by atoms with E-state index in [0.29, 0.717) is 11.1 Å². The van der Waals surface area contributed by atoms with Gasteiger partial charge in [-0.15, -0.1) is 0 Å². The van der Waals surface area contributed by atoms with Gasteiger partial charge in [-0.3, -0.25) is 0 Å². The summed E-state index contributed by atoms with van der Waals surface area (Å²) in [6, 6.07) is 7.50. The topological polar surface area (TPSA) is 83.6 Å². The molecule has 1 atom stereocenters. The molecule has 0 aliphatic heterocycles. The van der Waals surface area contributed by atoms with Crippen molar-refractivity contribution in [2.24, 2.45) is 0 Å². The van der Waals surface area contributed by atoms with Crippen LogP contribution in [0.2, 0.25) is 0 Å². The number of nitrogens with zero attached hydrogens (tertiary/aromatic N) is 2. The summed E-state index contributed by atoms with van der Waals surface area (Å²) in [7, 11) is -1.88. The van der Waals surface area contributed by atoms with Crippen LogP contribution >= 0.6 is 0 Å². The fraction of sp³-hybridized carbons (Fsp3) is 0.364. The first-order valence-electron chi connectivity index (χ1n) is 5.31. The van der Waals surface area contributed by atoms with Gasteiger partial charge in [0, 0.05) is 13.3 Å². The predicted octanol–water partition coefficient (Wildman–Crippen LogP) is 0.627. The van der Waals surface area contributed by atoms with Crippen LogP contribution in [0.5, 0.6) is 0 Å². The highest BCUT2D eigenvalue weighted by Gasteiger charge is 2.21. The number of sulfone groups is 1. The summed E-state index contributed by atoms with van der Waals surface area (Å²) in [6.07, 6.45) is 0.984. The van der Waals surface area contributed by atoms with E-state index in [1.165, 1.54) is 4.90 Å². The second-order valence-corrected chi connectivity index (χ2v) is 6.33. The van der Waals surface area contributed by atoms with Gasteiger partial charge in [0.1, 0.15) is 5.52 Å². The number of aliphatic hydroxyl groups excluding tert-OH is 1. The molecule has 0 radical (unpaired) electrons. The molecule has 0 spiro atoms. The minimum absolute atomic E-state index is 0.0916. The monoisotopic (exact) mass is 270 g/mol. The number of hydrogen-bond donors (Lipinski definition) is 1. The van der Waals surface area contributed by atoms with Crippen LogP contribution in [-0.4, -0.2) is 43.8 Å². The highest BCUT2D eigenvalue weighted by atomic mass is 32.2. The van der Waals surface area contributed by atoms with E-state index in [0.717, 1.165) is 6.26 Å². The molecular weight excluding hydrogens is 256 g/mol. The summed E-state index contributed by atoms with van der Waals surface area (Å²) < 4.78 is 27.7. The van der Waals surface area contributed by atoms with E-state index >= 15 is 0 Å². The van der Waals surface area contributed by atoms with Gasteiger partial charge in [-0.25, -0.2) is 8.42 Å². The first-order valence-corrected chi connectivity index (χ1v) is 7.27. The average Bonchev–Trinajstić information content (AvgIpc) is 2.71. The maximum absolute atomic E-state index is 11.1. The zero-order valence-corrected chi connectivity index (χ0v) is 10.9. The number of benzene rings is 1. The minimum Gasteiger partial charge on any atom is -0.423 e. The maximum atomic E-state index is 11.1. The third-order valence-electron chi connectivity index (χ3n) is 2.53. The number of hydrogen-bond acceptors (Lipinski definition) is 6. The van der Waals surface area contributed by atoms with Gasteiger partial charge < -0.3 is 14.4 Å². The van der Waals surface area contributed by atoms with E-state index in [2.05, 4.69) is 4.98 Å². The zero-order chi connectivity index (χ0) is 13.3. The molecule has 1 aromatic heterocycles. The van der Waals surface area contributed by atoms with Gasteiger partial charge in [-0.2, -0.15) is 4.98 Å². The molecule has 1 aromatic carbocycles. The van der Waals surface area contributed by atoms with Gasteiger partial charge in [0.25, 0.3) is 6.01 Å². The Morgan fingerprint density at radius 3 is 2.72 bits per heavy atom. The Labute approximate surface area is 105 Å². The van der Waals surface area contributed by atoms with Gasteiger partial charge >= 0.3 is 0 Å². The van der Waals surface area contributed by atoms with Crippen LogP contribution in [0, 0.1) is 0 Å². The molecule has 1 N–H and O–H groups in total. The molecule has 0 saturated carbocycles. The second kappa shape index (κ2) is 4.58. The molecule has 6 nitrogen and oxygen atoms in total. The van der Waals surface area contributed by atoms with Crippen molar-refractivity contribution in [2.75, 3.05) is 24.7 Å². The number of likely N-dealkylation sites (N-methyl/N-ethyl adjacent to an activating group) is 1. The van der Waals surface area contributed by atoms with Crippen molar-refractivity contribution in [3.63, 3.8) is 0 Å². The summed E-state index contributed by atoms with van der Waals surface area (Å²) in [5.74, 6) is 0. The van der Waals surface area contributed by atoms with Gasteiger partial charge in [-0.1, -0.05) is 12.1 Å². The normalized spacial score (nSPS) is 13.7. The Balaban J connectivity index is 2.21. The molecule has 2 aromatic rings. The van der Waals surface area contributed by atoms with Crippen molar-refractivity contribution in [1.82, 2.24) is 4.98 Å². The molecule has 7 heteroatoms. The largest absolute Gasteiger partial charge is 0.423 e. The van der Waals surface area contributed by atoms with Crippen molar-refractivity contribution >= 4 is 27.0 Å². The number of fused-ring (bicyclic) bond motifs is 1. The number of aliphatic hydroxyl groups is 1. The van der Waals surface area contributed by atoms with E-state index in [4.69, 9.17) is 4.42 Å². The van der Waals surface area contributed by atoms with E-state index < -0.39 is 15.3 Å². The molecule has 0 fully saturated rings. The Morgan fingerprint density at radius 2 is 2.11 bits per heavy atom. The number of aromatic nitrogens is 1. The third kappa shape index (κ3) is 2.62. The van der Waals surface area contributed by atoms with Crippen molar-refractivity contribution in [3.05, 3.63) is 24.3 Å². The number of anilines is 1. The lowest BCUT2D eigenvalue weighted by Crippen LogP contribution is -2.34. The molecule has 98 valence electrons. The van der Waals surface area contributed by atoms with Crippen molar-refractivity contribution in [1.29, 1.82) is 0 Å². The fourth-order valence-electron chi connectivity index (χ4n) is 1.47. The van der Waals surface area contributed by atoms with Crippen molar-refractivity contribution in [2.45, 2.75) is 5.44 Å². The summed E-state index contributed by atoms with van der Waals surface area (Å²) in [6.45, 7) is -0.0916. The number of rotatable bonds is 4. The Morgan fingerprint density at radius 1 is 1.44 bits per heavy atom. The molecule has 18 heavy (non-hydrogen) atoms. The highest BCUT2D eigenvalue weighted by molar-refractivity contribution is 7.91. The molecule has 2 rings (SSSR count). The lowest BCUT2D eigenvalue weighted by molar-refractivity contribution is 0.253. The molecule has 0 bridgehead atoms. The first kappa shape index (κ1) is 12.8. The van der Waals surface area contributed by atoms with Crippen LogP contribution in [0.1, 0.15) is 0 Å². The maximum Gasteiger partial charge on any atom is 0.298 e. The van der Waals surface area contributed by atoms with Gasteiger partial charge in [-0.05, 0) is 12.1 Å². The van der Waals surface area contributed by atoms with Gasteiger partial charge in [0.2, 0.25) is 0 Å². The Kier molecular flexibility index (Phi) is 3.27. The molecule has 0 amide bonds. The van der Waals surface area contributed by atoms with E-state index in [1.807, 2.05) is 12.1 Å². The summed E-state index contributed by atoms with van der Waals surface area (Å²) >= 11 is 0. The fourth-order valence-corrected chi connectivity index (χ4v) is 1.97. The zero-order valence-electron chi connectivity index (χ0n) is 10.1. The summed E-state index contributed by atoms with van der Waals surface area (Å²) in [5.41, 5.74) is -0.154. The molecule has 0 aliphatic carbocycles. The summed E-state index contributed by atoms with van der Waals surface area (Å²) in [4.78, 5) is 5.67. The van der Waals surface area contributed by atoms with E-state index in [9.17, 15) is 13.5 Å². The van der Waals surface area contributed by atoms with Crippen molar-refractivity contribution in [3.8, 4) is 0 Å². The summed E-state index contributed by atoms with van der Waals surface area (Å²) in [5, 5.41) is 9.49. The minimum atomic E-state index is -3.49. The van der Waals surface area contributed by atoms with Crippen LogP contribution in [0.4, 0.5) is 6.01 Å². The smallest absolute Gasteiger partial charge is 0.298 e. The Bertz CT molecular complexity index is 617. The SMILES string of the molecule is CN(CC(O)S(C)(=O)=O)c1nc2ccccc2o1. The first-order chi connectivity index (χ1) is 8.38. The van der Waals surface area contributed by atoms with E-state index in [1.54, 1.807) is 19.2 Å². The van der Waals surface area contributed by atoms with Crippen molar-refractivity contribution < 1.29 is 17.9 Å². The number of para-hydroxylation sites is 2. The van der Waals surface area contributed by atoms with Crippen LogP contribution in [0.25, 0.3) is 11.1 Å². The lowest BCUT2D eigenvalue weighted by atomic mass is 10.3. The van der Waals surface area contributed by atoms with Gasteiger partial charge in [0.15, 0.2) is 20.9 Å². The molecule has 1 unspecified atom stereocenters. The van der Waals surface area contributed by atoms with Crippen LogP contribution in [0.3, 0.4) is 0 Å². The number of oxazole rings is 1. The standard InChI is InChI=1S/C11H14N2O4S/c1-13(7-10(14)18(2,15)16)11-12-8-5-3-4-6-9(8)17-11/h3-6,10,14H,7H2,1-2H3. The van der Waals surface area contributed by atoms with E-state index in [-0.39, 0.29) is 12.6 Å². The molecule has 0 aliphatic rings. The molecule has 0 saturated heterocycles. The lowest BCUT2D eigenvalue weighted by Gasteiger charge is -2.17. The average molecular weight is 270 g/mol. The van der Waals surface area contributed by atoms with Crippen LogP contribution in [-0.2, 0) is 9.84 Å². The van der Waals surface area contributed by atoms with Crippen LogP contribution < -0.4 is 4.90 Å². The molecule has 1 heterocycles. The van der Waals surface area contributed by atoms with Gasteiger partial charge in [0.05, 0.1) is 6.54 Å². The Hall–Kier alpha value is -1.60. The highest BCUT2D eigenvalue weighted by Crippen LogP contribution is 2.20. The molecular formula is C11H14N2O4S. The predicted molar refractivity (Wildman–Crippen MR) is 68.1 cm³/mol. The third-order valence-corrected chi connectivity index (χ3v) is 3.67.